The lowest BCUT2D eigenvalue weighted by Gasteiger charge is -2.26. The van der Waals surface area contributed by atoms with E-state index < -0.39 is 0 Å². The molecular formula is C23H32N2O4. The van der Waals surface area contributed by atoms with Crippen LogP contribution in [0.2, 0.25) is 0 Å². The molecule has 0 aliphatic heterocycles. The summed E-state index contributed by atoms with van der Waals surface area (Å²) in [5.74, 6) is 2.02. The summed E-state index contributed by atoms with van der Waals surface area (Å²) in [6.07, 6.45) is 2.11. The largest absolute Gasteiger partial charge is 0.494 e. The molecule has 1 N–H and O–H groups in total. The molecule has 2 rings (SSSR count). The fourth-order valence-corrected chi connectivity index (χ4v) is 2.99. The van der Waals surface area contributed by atoms with Crippen molar-refractivity contribution in [1.82, 2.24) is 10.2 Å². The monoisotopic (exact) mass is 400 g/mol. The van der Waals surface area contributed by atoms with Crippen molar-refractivity contribution in [3.8, 4) is 17.2 Å². The second-order valence-electron chi connectivity index (χ2n) is 7.03. The van der Waals surface area contributed by atoms with Gasteiger partial charge in [-0.2, -0.15) is 0 Å². The van der Waals surface area contributed by atoms with Gasteiger partial charge in [0.1, 0.15) is 5.75 Å². The summed E-state index contributed by atoms with van der Waals surface area (Å²) in [4.78, 5) is 14.6. The Morgan fingerprint density at radius 3 is 2.31 bits per heavy atom. The van der Waals surface area contributed by atoms with Crippen LogP contribution in [0.25, 0.3) is 0 Å². The van der Waals surface area contributed by atoms with Crippen LogP contribution in [0, 0.1) is 0 Å². The Morgan fingerprint density at radius 1 is 1.03 bits per heavy atom. The smallest absolute Gasteiger partial charge is 0.251 e. The second kappa shape index (κ2) is 11.3. The zero-order chi connectivity index (χ0) is 21.2. The molecule has 2 aromatic rings. The van der Waals surface area contributed by atoms with Crippen LogP contribution in [-0.2, 0) is 0 Å². The number of amides is 1. The highest BCUT2D eigenvalue weighted by atomic mass is 16.5. The number of methoxy groups -OCH3 is 2. The fraction of sp³-hybridized carbons (Fsp3) is 0.435. The highest BCUT2D eigenvalue weighted by Gasteiger charge is 2.18. The fourth-order valence-electron chi connectivity index (χ4n) is 2.99. The number of likely N-dealkylation sites (N-methyl/N-ethyl adjacent to an activating group) is 1. The number of carbonyl (C=O) groups excluding carboxylic acids is 1. The molecule has 2 aromatic carbocycles. The van der Waals surface area contributed by atoms with Crippen LogP contribution in [0.5, 0.6) is 17.2 Å². The van der Waals surface area contributed by atoms with Crippen molar-refractivity contribution in [2.45, 2.75) is 25.8 Å². The predicted molar refractivity (Wildman–Crippen MR) is 115 cm³/mol. The van der Waals surface area contributed by atoms with E-state index in [2.05, 4.69) is 17.1 Å². The molecule has 0 fully saturated rings. The predicted octanol–water partition coefficient (Wildman–Crippen LogP) is 3.92. The van der Waals surface area contributed by atoms with Crippen molar-refractivity contribution in [3.63, 3.8) is 0 Å². The van der Waals surface area contributed by atoms with Gasteiger partial charge in [0, 0.05) is 12.1 Å². The Labute approximate surface area is 173 Å². The van der Waals surface area contributed by atoms with Gasteiger partial charge < -0.3 is 24.4 Å². The van der Waals surface area contributed by atoms with E-state index in [1.165, 1.54) is 0 Å². The first-order valence-electron chi connectivity index (χ1n) is 9.89. The summed E-state index contributed by atoms with van der Waals surface area (Å²) in [6, 6.07) is 13.1. The Kier molecular flexibility index (Phi) is 8.80. The van der Waals surface area contributed by atoms with E-state index in [4.69, 9.17) is 14.2 Å². The minimum atomic E-state index is -0.113. The second-order valence-corrected chi connectivity index (χ2v) is 7.03. The van der Waals surface area contributed by atoms with Crippen molar-refractivity contribution in [2.24, 2.45) is 0 Å². The van der Waals surface area contributed by atoms with Gasteiger partial charge in [-0.1, -0.05) is 19.4 Å². The van der Waals surface area contributed by atoms with E-state index >= 15 is 0 Å². The van der Waals surface area contributed by atoms with E-state index in [-0.39, 0.29) is 11.9 Å². The van der Waals surface area contributed by atoms with Crippen molar-refractivity contribution < 1.29 is 19.0 Å². The molecule has 0 saturated heterocycles. The van der Waals surface area contributed by atoms with Crippen molar-refractivity contribution in [3.05, 3.63) is 53.6 Å². The number of rotatable bonds is 11. The van der Waals surface area contributed by atoms with Crippen molar-refractivity contribution in [1.29, 1.82) is 0 Å². The van der Waals surface area contributed by atoms with Crippen molar-refractivity contribution in [2.75, 3.05) is 41.5 Å². The molecule has 6 heteroatoms. The standard InChI is InChI=1S/C23H32N2O4/c1-6-7-14-29-19-11-8-17(9-12-19)23(26)24-16-20(25(2)3)18-10-13-21(27-4)22(15-18)28-5/h8-13,15,20H,6-7,14,16H2,1-5H3,(H,24,26)/t20-/m1/s1. The van der Waals surface area contributed by atoms with Gasteiger partial charge in [-0.15, -0.1) is 0 Å². The van der Waals surface area contributed by atoms with Crippen LogP contribution in [0.15, 0.2) is 42.5 Å². The van der Waals surface area contributed by atoms with Gasteiger partial charge in [0.15, 0.2) is 11.5 Å². The third kappa shape index (κ3) is 6.39. The van der Waals surface area contributed by atoms with Gasteiger partial charge >= 0.3 is 0 Å². The van der Waals surface area contributed by atoms with E-state index in [9.17, 15) is 4.79 Å². The van der Waals surface area contributed by atoms with Crippen LogP contribution in [0.4, 0.5) is 0 Å². The van der Waals surface area contributed by atoms with E-state index in [0.29, 0.717) is 30.2 Å². The highest BCUT2D eigenvalue weighted by Crippen LogP contribution is 2.31. The third-order valence-electron chi connectivity index (χ3n) is 4.75. The Hall–Kier alpha value is -2.73. The van der Waals surface area contributed by atoms with Crippen LogP contribution in [-0.4, -0.2) is 52.3 Å². The van der Waals surface area contributed by atoms with Crippen LogP contribution in [0.1, 0.15) is 41.7 Å². The molecule has 29 heavy (non-hydrogen) atoms. The Balaban J connectivity index is 2.02. The molecule has 1 atom stereocenters. The lowest BCUT2D eigenvalue weighted by molar-refractivity contribution is 0.0942. The SMILES string of the molecule is CCCCOc1ccc(C(=O)NC[C@H](c2ccc(OC)c(OC)c2)N(C)C)cc1. The molecule has 0 aliphatic carbocycles. The van der Waals surface area contributed by atoms with Gasteiger partial charge in [-0.3, -0.25) is 4.79 Å². The number of nitrogens with one attached hydrogen (secondary N) is 1. The minimum absolute atomic E-state index is 0.00425. The highest BCUT2D eigenvalue weighted by molar-refractivity contribution is 5.94. The van der Waals surface area contributed by atoms with Crippen LogP contribution < -0.4 is 19.5 Å². The number of ether oxygens (including phenoxy) is 3. The summed E-state index contributed by atoms with van der Waals surface area (Å²) < 4.78 is 16.4. The van der Waals surface area contributed by atoms with E-state index in [1.54, 1.807) is 26.4 Å². The minimum Gasteiger partial charge on any atom is -0.494 e. The number of carbonyl (C=O) groups is 1. The number of benzene rings is 2. The van der Waals surface area contributed by atoms with Crippen LogP contribution in [0.3, 0.4) is 0 Å². The molecule has 0 unspecified atom stereocenters. The van der Waals surface area contributed by atoms with Gasteiger partial charge in [0.2, 0.25) is 0 Å². The number of unbranched alkanes of at least 4 members (excludes halogenated alkanes) is 1. The summed E-state index contributed by atoms with van der Waals surface area (Å²) in [5.41, 5.74) is 1.64. The van der Waals surface area contributed by atoms with Crippen molar-refractivity contribution >= 4 is 5.91 Å². The first kappa shape index (κ1) is 22.6. The maximum Gasteiger partial charge on any atom is 0.251 e. The lowest BCUT2D eigenvalue weighted by Crippen LogP contribution is -2.34. The topological polar surface area (TPSA) is 60.0 Å². The first-order valence-corrected chi connectivity index (χ1v) is 9.89. The zero-order valence-corrected chi connectivity index (χ0v) is 18.0. The number of hydrogen-bond acceptors (Lipinski definition) is 5. The third-order valence-corrected chi connectivity index (χ3v) is 4.75. The first-order chi connectivity index (χ1) is 14.0. The molecule has 0 aliphatic rings. The molecule has 6 nitrogen and oxygen atoms in total. The Morgan fingerprint density at radius 2 is 1.72 bits per heavy atom. The molecule has 0 saturated carbocycles. The summed E-state index contributed by atoms with van der Waals surface area (Å²) in [6.45, 7) is 3.29. The average Bonchev–Trinajstić information content (AvgIpc) is 2.74. The normalized spacial score (nSPS) is 11.8. The maximum atomic E-state index is 12.6. The van der Waals surface area contributed by atoms with Gasteiger partial charge in [0.25, 0.3) is 5.91 Å². The lowest BCUT2D eigenvalue weighted by atomic mass is 10.0. The Bertz CT molecular complexity index is 775. The van der Waals surface area contributed by atoms with E-state index in [1.807, 2.05) is 44.4 Å². The van der Waals surface area contributed by atoms with E-state index in [0.717, 1.165) is 24.2 Å². The molecule has 158 valence electrons. The molecule has 0 heterocycles. The zero-order valence-electron chi connectivity index (χ0n) is 18.0. The average molecular weight is 401 g/mol. The summed E-state index contributed by atoms with van der Waals surface area (Å²) in [5, 5.41) is 3.02. The molecule has 0 aromatic heterocycles. The molecular weight excluding hydrogens is 368 g/mol. The molecule has 0 radical (unpaired) electrons. The van der Waals surface area contributed by atoms with Gasteiger partial charge in [-0.25, -0.2) is 0 Å². The summed E-state index contributed by atoms with van der Waals surface area (Å²) in [7, 11) is 7.19. The maximum absolute atomic E-state index is 12.6. The number of hydrogen-bond donors (Lipinski definition) is 1. The molecule has 1 amide bonds. The number of nitrogens with zero attached hydrogens (tertiary/aromatic N) is 1. The molecule has 0 spiro atoms. The quantitative estimate of drug-likeness (QED) is 0.580. The summed E-state index contributed by atoms with van der Waals surface area (Å²) >= 11 is 0. The van der Waals surface area contributed by atoms with Gasteiger partial charge in [-0.05, 0) is 62.5 Å². The van der Waals surface area contributed by atoms with Gasteiger partial charge in [0.05, 0.1) is 26.9 Å². The molecule has 0 bridgehead atoms. The van der Waals surface area contributed by atoms with Crippen LogP contribution >= 0.6 is 0 Å².